The molecule has 18 heavy (non-hydrogen) atoms. The average molecular weight is 279 g/mol. The second-order valence-corrected chi connectivity index (χ2v) is 5.59. The van der Waals surface area contributed by atoms with Gasteiger partial charge in [-0.05, 0) is 18.2 Å². The molecule has 0 heterocycles. The van der Waals surface area contributed by atoms with E-state index in [0.29, 0.717) is 12.1 Å². The Morgan fingerprint density at radius 2 is 1.94 bits per heavy atom. The lowest BCUT2D eigenvalue weighted by molar-refractivity contribution is -0.137. The van der Waals surface area contributed by atoms with Crippen molar-refractivity contribution in [2.45, 2.75) is 11.3 Å². The lowest BCUT2D eigenvalue weighted by atomic mass is 10.3. The van der Waals surface area contributed by atoms with Crippen LogP contribution in [0.1, 0.15) is 6.42 Å². The Morgan fingerprint density at radius 3 is 2.44 bits per heavy atom. The zero-order valence-electron chi connectivity index (χ0n) is 9.43. The summed E-state index contributed by atoms with van der Waals surface area (Å²) in [5, 5.41) is 8.45. The van der Waals surface area contributed by atoms with E-state index in [1.807, 2.05) is 0 Å². The summed E-state index contributed by atoms with van der Waals surface area (Å²) in [6, 6.07) is 2.18. The Balaban J connectivity index is 2.98. The first kappa shape index (κ1) is 14.5. The first-order valence-electron chi connectivity index (χ1n) is 4.88. The summed E-state index contributed by atoms with van der Waals surface area (Å²) in [5.41, 5.74) is 0. The van der Waals surface area contributed by atoms with Gasteiger partial charge in [0.15, 0.2) is 11.6 Å². The molecule has 0 spiro atoms. The van der Waals surface area contributed by atoms with E-state index in [1.54, 1.807) is 0 Å². The number of carbonyl (C=O) groups is 1. The summed E-state index contributed by atoms with van der Waals surface area (Å²) < 4.78 is 50.1. The van der Waals surface area contributed by atoms with E-state index < -0.39 is 32.5 Å². The standard InChI is InChI=1S/C10H11F2NO4S/c1-13(5-4-10(14)15)18(16,17)7-2-3-8(11)9(12)6-7/h2-3,6H,4-5H2,1H3,(H,14,15). The van der Waals surface area contributed by atoms with Crippen molar-refractivity contribution in [2.75, 3.05) is 13.6 Å². The molecule has 0 radical (unpaired) electrons. The normalized spacial score (nSPS) is 11.8. The minimum Gasteiger partial charge on any atom is -0.481 e. The van der Waals surface area contributed by atoms with Crippen LogP contribution >= 0.6 is 0 Å². The maximum Gasteiger partial charge on any atom is 0.304 e. The predicted octanol–water partition coefficient (Wildman–Crippen LogP) is 1.06. The summed E-state index contributed by atoms with van der Waals surface area (Å²) in [7, 11) is -2.84. The van der Waals surface area contributed by atoms with Crippen LogP contribution in [0.25, 0.3) is 0 Å². The highest BCUT2D eigenvalue weighted by Crippen LogP contribution is 2.17. The molecule has 0 fully saturated rings. The van der Waals surface area contributed by atoms with Crippen molar-refractivity contribution in [1.82, 2.24) is 4.31 Å². The van der Waals surface area contributed by atoms with Gasteiger partial charge in [-0.3, -0.25) is 4.79 Å². The van der Waals surface area contributed by atoms with Gasteiger partial charge in [0.1, 0.15) is 0 Å². The monoisotopic (exact) mass is 279 g/mol. The molecule has 1 aromatic rings. The van der Waals surface area contributed by atoms with Crippen molar-refractivity contribution < 1.29 is 27.1 Å². The number of carboxylic acid groups (broad SMARTS) is 1. The highest BCUT2D eigenvalue weighted by molar-refractivity contribution is 7.89. The van der Waals surface area contributed by atoms with Gasteiger partial charge in [0, 0.05) is 13.6 Å². The summed E-state index contributed by atoms with van der Waals surface area (Å²) in [6.45, 7) is -0.253. The van der Waals surface area contributed by atoms with Gasteiger partial charge >= 0.3 is 5.97 Å². The number of sulfonamides is 1. The molecule has 1 N–H and O–H groups in total. The predicted molar refractivity (Wildman–Crippen MR) is 58.4 cm³/mol. The third-order valence-electron chi connectivity index (χ3n) is 2.24. The van der Waals surface area contributed by atoms with Gasteiger partial charge < -0.3 is 5.11 Å². The van der Waals surface area contributed by atoms with Crippen LogP contribution in [-0.4, -0.2) is 37.4 Å². The fourth-order valence-corrected chi connectivity index (χ4v) is 2.37. The third kappa shape index (κ3) is 3.23. The SMILES string of the molecule is CN(CCC(=O)O)S(=O)(=O)c1ccc(F)c(F)c1. The molecule has 8 heteroatoms. The second-order valence-electron chi connectivity index (χ2n) is 3.55. The van der Waals surface area contributed by atoms with Crippen LogP contribution in [0.5, 0.6) is 0 Å². The van der Waals surface area contributed by atoms with Gasteiger partial charge in [0.25, 0.3) is 0 Å². The van der Waals surface area contributed by atoms with Crippen molar-refractivity contribution in [3.8, 4) is 0 Å². The lowest BCUT2D eigenvalue weighted by Crippen LogP contribution is -2.29. The molecule has 0 aromatic heterocycles. The number of aliphatic carboxylic acids is 1. The minimum absolute atomic E-state index is 0.253. The van der Waals surface area contributed by atoms with Crippen LogP contribution in [0.15, 0.2) is 23.1 Å². The van der Waals surface area contributed by atoms with Crippen molar-refractivity contribution in [2.24, 2.45) is 0 Å². The summed E-state index contributed by atoms with van der Waals surface area (Å²) in [5.74, 6) is -3.58. The number of rotatable bonds is 5. The molecule has 0 aliphatic rings. The van der Waals surface area contributed by atoms with E-state index >= 15 is 0 Å². The molecule has 0 atom stereocenters. The Kier molecular flexibility index (Phi) is 4.36. The van der Waals surface area contributed by atoms with E-state index in [2.05, 4.69) is 0 Å². The Hall–Kier alpha value is -1.54. The minimum atomic E-state index is -4.01. The number of benzene rings is 1. The Bertz CT molecular complexity index is 559. The molecule has 0 saturated carbocycles. The highest BCUT2D eigenvalue weighted by Gasteiger charge is 2.22. The maximum atomic E-state index is 12.9. The zero-order valence-corrected chi connectivity index (χ0v) is 10.2. The molecule has 100 valence electrons. The molecule has 1 aromatic carbocycles. The number of hydrogen-bond donors (Lipinski definition) is 1. The Labute approximate surface area is 103 Å². The van der Waals surface area contributed by atoms with E-state index in [-0.39, 0.29) is 13.0 Å². The van der Waals surface area contributed by atoms with Gasteiger partial charge in [-0.1, -0.05) is 0 Å². The summed E-state index contributed by atoms with van der Waals surface area (Å²) >= 11 is 0. The molecular weight excluding hydrogens is 268 g/mol. The van der Waals surface area contributed by atoms with Crippen molar-refractivity contribution in [1.29, 1.82) is 0 Å². The van der Waals surface area contributed by atoms with Crippen LogP contribution in [0.2, 0.25) is 0 Å². The summed E-state index contributed by atoms with van der Waals surface area (Å²) in [6.07, 6.45) is -0.376. The Morgan fingerprint density at radius 1 is 1.33 bits per heavy atom. The van der Waals surface area contributed by atoms with E-state index in [0.717, 1.165) is 10.4 Å². The quantitative estimate of drug-likeness (QED) is 0.874. The van der Waals surface area contributed by atoms with Crippen molar-refractivity contribution >= 4 is 16.0 Å². The van der Waals surface area contributed by atoms with Gasteiger partial charge in [-0.25, -0.2) is 21.5 Å². The molecule has 0 bridgehead atoms. The second kappa shape index (κ2) is 5.40. The number of carboxylic acids is 1. The van der Waals surface area contributed by atoms with Crippen LogP contribution < -0.4 is 0 Å². The van der Waals surface area contributed by atoms with Crippen molar-refractivity contribution in [3.63, 3.8) is 0 Å². The molecule has 0 unspecified atom stereocenters. The van der Waals surface area contributed by atoms with Crippen LogP contribution in [0.3, 0.4) is 0 Å². The zero-order chi connectivity index (χ0) is 13.9. The van der Waals surface area contributed by atoms with Crippen molar-refractivity contribution in [3.05, 3.63) is 29.8 Å². The fraction of sp³-hybridized carbons (Fsp3) is 0.300. The lowest BCUT2D eigenvalue weighted by Gasteiger charge is -2.16. The fourth-order valence-electron chi connectivity index (χ4n) is 1.19. The van der Waals surface area contributed by atoms with Crippen LogP contribution in [0, 0.1) is 11.6 Å². The maximum absolute atomic E-state index is 12.9. The van der Waals surface area contributed by atoms with Gasteiger partial charge in [0.05, 0.1) is 11.3 Å². The molecule has 0 amide bonds. The first-order valence-corrected chi connectivity index (χ1v) is 6.32. The van der Waals surface area contributed by atoms with Gasteiger partial charge in [-0.2, -0.15) is 0 Å². The number of nitrogens with zero attached hydrogens (tertiary/aromatic N) is 1. The van der Waals surface area contributed by atoms with Gasteiger partial charge in [-0.15, -0.1) is 0 Å². The number of halogens is 2. The first-order chi connectivity index (χ1) is 8.25. The molecule has 0 aliphatic carbocycles. The largest absolute Gasteiger partial charge is 0.481 e. The average Bonchev–Trinajstić information content (AvgIpc) is 2.29. The molecular formula is C10H11F2NO4S. The topological polar surface area (TPSA) is 74.7 Å². The molecule has 0 aliphatic heterocycles. The smallest absolute Gasteiger partial charge is 0.304 e. The summed E-state index contributed by atoms with van der Waals surface area (Å²) in [4.78, 5) is 9.91. The molecule has 0 saturated heterocycles. The third-order valence-corrected chi connectivity index (χ3v) is 4.09. The highest BCUT2D eigenvalue weighted by atomic mass is 32.2. The van der Waals surface area contributed by atoms with Gasteiger partial charge in [0.2, 0.25) is 10.0 Å². The van der Waals surface area contributed by atoms with Crippen LogP contribution in [-0.2, 0) is 14.8 Å². The molecule has 5 nitrogen and oxygen atoms in total. The van der Waals surface area contributed by atoms with E-state index in [4.69, 9.17) is 5.11 Å². The molecule has 1 rings (SSSR count). The van der Waals surface area contributed by atoms with E-state index in [1.165, 1.54) is 7.05 Å². The van der Waals surface area contributed by atoms with E-state index in [9.17, 15) is 22.0 Å². The number of hydrogen-bond acceptors (Lipinski definition) is 3. The van der Waals surface area contributed by atoms with Crippen LogP contribution in [0.4, 0.5) is 8.78 Å².